The smallest absolute Gasteiger partial charge is 0.340 e. The van der Waals surface area contributed by atoms with Gasteiger partial charge in [0.15, 0.2) is 0 Å². The molecule has 1 aromatic rings. The molecule has 1 unspecified atom stereocenters. The summed E-state index contributed by atoms with van der Waals surface area (Å²) in [4.78, 5) is 25.9. The van der Waals surface area contributed by atoms with E-state index in [0.29, 0.717) is 24.3 Å². The quantitative estimate of drug-likeness (QED) is 0.632. The van der Waals surface area contributed by atoms with Crippen molar-refractivity contribution in [2.75, 3.05) is 25.9 Å². The molecule has 0 aromatic heterocycles. The van der Waals surface area contributed by atoms with E-state index in [4.69, 9.17) is 10.5 Å². The zero-order valence-corrected chi connectivity index (χ0v) is 12.4. The maximum atomic E-state index is 11.9. The molecule has 1 aliphatic heterocycles. The van der Waals surface area contributed by atoms with Crippen LogP contribution in [0.3, 0.4) is 0 Å². The Labute approximate surface area is 124 Å². The number of esters is 1. The Hall–Kier alpha value is -2.08. The second-order valence-electron chi connectivity index (χ2n) is 5.06. The van der Waals surface area contributed by atoms with Crippen molar-refractivity contribution in [2.45, 2.75) is 25.9 Å². The molecular weight excluding hydrogens is 270 g/mol. The Morgan fingerprint density at radius 2 is 2.29 bits per heavy atom. The lowest BCUT2D eigenvalue weighted by molar-refractivity contribution is -0.129. The van der Waals surface area contributed by atoms with Crippen molar-refractivity contribution >= 4 is 17.6 Å². The number of benzene rings is 1. The zero-order valence-electron chi connectivity index (χ0n) is 12.4. The Balaban J connectivity index is 2.28. The zero-order chi connectivity index (χ0) is 15.4. The number of methoxy groups -OCH3 is 1. The fourth-order valence-corrected chi connectivity index (χ4v) is 2.72. The summed E-state index contributed by atoms with van der Waals surface area (Å²) in [5.41, 5.74) is 7.47. The predicted molar refractivity (Wildman–Crippen MR) is 79.7 cm³/mol. The molecule has 1 aliphatic rings. The summed E-state index contributed by atoms with van der Waals surface area (Å²) in [5, 5.41) is 2.86. The van der Waals surface area contributed by atoms with Gasteiger partial charge in [-0.05, 0) is 18.1 Å². The van der Waals surface area contributed by atoms with E-state index in [-0.39, 0.29) is 11.9 Å². The molecule has 0 aliphatic carbocycles. The average molecular weight is 291 g/mol. The SMILES string of the molecule is CCC1C(=O)NCCN1Cc1cccc(N)c1C(=O)OC. The first-order chi connectivity index (χ1) is 10.1. The van der Waals surface area contributed by atoms with E-state index in [1.54, 1.807) is 6.07 Å². The largest absolute Gasteiger partial charge is 0.465 e. The van der Waals surface area contributed by atoms with Gasteiger partial charge in [-0.25, -0.2) is 4.79 Å². The van der Waals surface area contributed by atoms with Crippen LogP contribution in [0.5, 0.6) is 0 Å². The van der Waals surface area contributed by atoms with Gasteiger partial charge in [0.2, 0.25) is 5.91 Å². The van der Waals surface area contributed by atoms with Gasteiger partial charge in [0.25, 0.3) is 0 Å². The fraction of sp³-hybridized carbons (Fsp3) is 0.467. The number of piperazine rings is 1. The van der Waals surface area contributed by atoms with Crippen molar-refractivity contribution < 1.29 is 14.3 Å². The van der Waals surface area contributed by atoms with Gasteiger partial charge in [-0.3, -0.25) is 9.69 Å². The number of nitrogen functional groups attached to an aromatic ring is 1. The van der Waals surface area contributed by atoms with E-state index >= 15 is 0 Å². The molecule has 1 heterocycles. The number of rotatable bonds is 4. The first-order valence-corrected chi connectivity index (χ1v) is 7.06. The molecule has 21 heavy (non-hydrogen) atoms. The number of ether oxygens (including phenoxy) is 1. The van der Waals surface area contributed by atoms with Gasteiger partial charge in [0.1, 0.15) is 0 Å². The van der Waals surface area contributed by atoms with Crippen LogP contribution in [0.15, 0.2) is 18.2 Å². The van der Waals surface area contributed by atoms with Crippen molar-refractivity contribution in [3.05, 3.63) is 29.3 Å². The lowest BCUT2D eigenvalue weighted by Gasteiger charge is -2.34. The highest BCUT2D eigenvalue weighted by atomic mass is 16.5. The Morgan fingerprint density at radius 3 is 2.95 bits per heavy atom. The van der Waals surface area contributed by atoms with Gasteiger partial charge in [-0.1, -0.05) is 19.1 Å². The highest BCUT2D eigenvalue weighted by molar-refractivity contribution is 5.96. The third kappa shape index (κ3) is 3.16. The molecule has 114 valence electrons. The summed E-state index contributed by atoms with van der Waals surface area (Å²) in [5.74, 6) is -0.412. The number of anilines is 1. The Morgan fingerprint density at radius 1 is 1.52 bits per heavy atom. The minimum atomic E-state index is -0.447. The average Bonchev–Trinajstić information content (AvgIpc) is 2.47. The van der Waals surface area contributed by atoms with Crippen molar-refractivity contribution in [3.8, 4) is 0 Å². The number of carbonyl (C=O) groups excluding carboxylic acids is 2. The molecular formula is C15H21N3O3. The third-order valence-electron chi connectivity index (χ3n) is 3.77. The van der Waals surface area contributed by atoms with Crippen molar-refractivity contribution in [1.82, 2.24) is 10.2 Å². The van der Waals surface area contributed by atoms with E-state index in [0.717, 1.165) is 18.5 Å². The molecule has 0 radical (unpaired) electrons. The second kappa shape index (κ2) is 6.58. The van der Waals surface area contributed by atoms with Crippen molar-refractivity contribution in [2.24, 2.45) is 0 Å². The number of carbonyl (C=O) groups is 2. The van der Waals surface area contributed by atoms with Crippen LogP contribution in [0.1, 0.15) is 29.3 Å². The van der Waals surface area contributed by atoms with Crippen LogP contribution in [0, 0.1) is 0 Å². The molecule has 0 spiro atoms. The van der Waals surface area contributed by atoms with E-state index in [1.807, 2.05) is 19.1 Å². The molecule has 1 atom stereocenters. The topological polar surface area (TPSA) is 84.7 Å². The summed E-state index contributed by atoms with van der Waals surface area (Å²) in [7, 11) is 1.34. The van der Waals surface area contributed by atoms with E-state index in [9.17, 15) is 9.59 Å². The first kappa shape index (κ1) is 15.3. The summed E-state index contributed by atoms with van der Waals surface area (Å²) in [6.07, 6.45) is 0.724. The minimum Gasteiger partial charge on any atom is -0.465 e. The molecule has 2 rings (SSSR count). The van der Waals surface area contributed by atoms with Gasteiger partial charge in [0.05, 0.1) is 18.7 Å². The number of hydrogen-bond acceptors (Lipinski definition) is 5. The van der Waals surface area contributed by atoms with Gasteiger partial charge in [-0.15, -0.1) is 0 Å². The van der Waals surface area contributed by atoms with Crippen LogP contribution in [-0.4, -0.2) is 43.0 Å². The van der Waals surface area contributed by atoms with E-state index in [2.05, 4.69) is 10.2 Å². The number of hydrogen-bond donors (Lipinski definition) is 2. The third-order valence-corrected chi connectivity index (χ3v) is 3.77. The first-order valence-electron chi connectivity index (χ1n) is 7.06. The van der Waals surface area contributed by atoms with Crippen LogP contribution in [0.4, 0.5) is 5.69 Å². The molecule has 1 fully saturated rings. The standard InChI is InChI=1S/C15H21N3O3/c1-3-12-14(19)17-7-8-18(12)9-10-5-4-6-11(16)13(10)15(20)21-2/h4-6,12H,3,7-9,16H2,1-2H3,(H,17,19). The van der Waals surface area contributed by atoms with Crippen molar-refractivity contribution in [3.63, 3.8) is 0 Å². The summed E-state index contributed by atoms with van der Waals surface area (Å²) in [6, 6.07) is 5.16. The predicted octanol–water partition coefficient (Wildman–Crippen LogP) is 0.766. The van der Waals surface area contributed by atoms with Crippen LogP contribution < -0.4 is 11.1 Å². The van der Waals surface area contributed by atoms with Gasteiger partial charge >= 0.3 is 5.97 Å². The van der Waals surface area contributed by atoms with Crippen LogP contribution in [0.2, 0.25) is 0 Å². The van der Waals surface area contributed by atoms with E-state index < -0.39 is 5.97 Å². The number of nitrogens with one attached hydrogen (secondary N) is 1. The van der Waals surface area contributed by atoms with Gasteiger partial charge in [-0.2, -0.15) is 0 Å². The van der Waals surface area contributed by atoms with Crippen LogP contribution in [0.25, 0.3) is 0 Å². The van der Waals surface area contributed by atoms with Crippen LogP contribution in [-0.2, 0) is 16.1 Å². The monoisotopic (exact) mass is 291 g/mol. The summed E-state index contributed by atoms with van der Waals surface area (Å²) in [6.45, 7) is 3.84. The second-order valence-corrected chi connectivity index (χ2v) is 5.06. The van der Waals surface area contributed by atoms with E-state index in [1.165, 1.54) is 7.11 Å². The Kier molecular flexibility index (Phi) is 4.80. The highest BCUT2D eigenvalue weighted by Crippen LogP contribution is 2.22. The highest BCUT2D eigenvalue weighted by Gasteiger charge is 2.29. The van der Waals surface area contributed by atoms with Crippen molar-refractivity contribution in [1.29, 1.82) is 0 Å². The maximum Gasteiger partial charge on any atom is 0.340 e. The summed E-state index contributed by atoms with van der Waals surface area (Å²) >= 11 is 0. The lowest BCUT2D eigenvalue weighted by atomic mass is 10.0. The minimum absolute atomic E-state index is 0.0345. The molecule has 3 N–H and O–H groups in total. The van der Waals surface area contributed by atoms with Gasteiger partial charge < -0.3 is 15.8 Å². The molecule has 1 saturated heterocycles. The summed E-state index contributed by atoms with van der Waals surface area (Å²) < 4.78 is 4.80. The molecule has 1 aromatic carbocycles. The molecule has 6 heteroatoms. The Bertz CT molecular complexity index is 545. The maximum absolute atomic E-state index is 11.9. The molecule has 1 amide bonds. The number of amides is 1. The molecule has 6 nitrogen and oxygen atoms in total. The van der Waals surface area contributed by atoms with Gasteiger partial charge in [0, 0.05) is 25.3 Å². The van der Waals surface area contributed by atoms with Crippen LogP contribution >= 0.6 is 0 Å². The molecule has 0 bridgehead atoms. The lowest BCUT2D eigenvalue weighted by Crippen LogP contribution is -2.54. The normalized spacial score (nSPS) is 19.1. The number of nitrogens with two attached hydrogens (primary N) is 1. The molecule has 0 saturated carbocycles. The fourth-order valence-electron chi connectivity index (χ4n) is 2.72. The number of nitrogens with zero attached hydrogens (tertiary/aromatic N) is 1.